The lowest BCUT2D eigenvalue weighted by atomic mass is 10.1. The van der Waals surface area contributed by atoms with Crippen LogP contribution in [0.2, 0.25) is 0 Å². The van der Waals surface area contributed by atoms with E-state index in [1.54, 1.807) is 30.3 Å². The summed E-state index contributed by atoms with van der Waals surface area (Å²) in [4.78, 5) is 24.5. The molecule has 0 aromatic heterocycles. The molecular formula is C18H19BrN2O3. The van der Waals surface area contributed by atoms with E-state index >= 15 is 0 Å². The molecule has 0 spiro atoms. The van der Waals surface area contributed by atoms with Crippen LogP contribution in [0.4, 0.5) is 0 Å². The maximum atomic E-state index is 12.4. The van der Waals surface area contributed by atoms with Gasteiger partial charge in [0.1, 0.15) is 5.75 Å². The van der Waals surface area contributed by atoms with Gasteiger partial charge in [-0.15, -0.1) is 0 Å². The zero-order valence-corrected chi connectivity index (χ0v) is 15.1. The molecule has 0 heterocycles. The summed E-state index contributed by atoms with van der Waals surface area (Å²) in [5.41, 5.74) is 6.55. The van der Waals surface area contributed by atoms with E-state index in [2.05, 4.69) is 26.8 Å². The average Bonchev–Trinajstić information content (AvgIpc) is 2.58. The van der Waals surface area contributed by atoms with Crippen LogP contribution < -0.4 is 15.6 Å². The SMILES string of the molecule is CCCOc1ccc(Br)cc1C(=O)NNC(=O)c1ccccc1C. The van der Waals surface area contributed by atoms with Crippen LogP contribution in [-0.4, -0.2) is 18.4 Å². The molecule has 2 rings (SSSR count). The molecule has 0 unspecified atom stereocenters. The van der Waals surface area contributed by atoms with Gasteiger partial charge in [-0.05, 0) is 43.2 Å². The Hall–Kier alpha value is -2.34. The molecular weight excluding hydrogens is 372 g/mol. The first-order valence-electron chi connectivity index (χ1n) is 7.61. The number of aryl methyl sites for hydroxylation is 1. The Kier molecular flexibility index (Phi) is 6.37. The monoisotopic (exact) mass is 390 g/mol. The van der Waals surface area contributed by atoms with Gasteiger partial charge in [0.05, 0.1) is 12.2 Å². The number of ether oxygens (including phenoxy) is 1. The molecule has 0 saturated carbocycles. The molecule has 0 saturated heterocycles. The van der Waals surface area contributed by atoms with Gasteiger partial charge >= 0.3 is 0 Å². The minimum Gasteiger partial charge on any atom is -0.493 e. The summed E-state index contributed by atoms with van der Waals surface area (Å²) in [7, 11) is 0. The zero-order valence-electron chi connectivity index (χ0n) is 13.6. The number of hydrazine groups is 1. The zero-order chi connectivity index (χ0) is 17.5. The van der Waals surface area contributed by atoms with Crippen molar-refractivity contribution < 1.29 is 14.3 Å². The van der Waals surface area contributed by atoms with Crippen LogP contribution >= 0.6 is 15.9 Å². The summed E-state index contributed by atoms with van der Waals surface area (Å²) in [5, 5.41) is 0. The fourth-order valence-electron chi connectivity index (χ4n) is 2.09. The van der Waals surface area contributed by atoms with Gasteiger partial charge in [-0.25, -0.2) is 0 Å². The van der Waals surface area contributed by atoms with Gasteiger partial charge in [-0.1, -0.05) is 41.1 Å². The molecule has 2 N–H and O–H groups in total. The number of nitrogens with one attached hydrogen (secondary N) is 2. The second-order valence-electron chi connectivity index (χ2n) is 5.21. The molecule has 0 aliphatic rings. The standard InChI is InChI=1S/C18H19BrN2O3/c1-3-10-24-16-9-8-13(19)11-15(16)18(23)21-20-17(22)14-7-5-4-6-12(14)2/h4-9,11H,3,10H2,1-2H3,(H,20,22)(H,21,23). The third-order valence-electron chi connectivity index (χ3n) is 3.33. The highest BCUT2D eigenvalue weighted by Gasteiger charge is 2.15. The summed E-state index contributed by atoms with van der Waals surface area (Å²) < 4.78 is 6.33. The smallest absolute Gasteiger partial charge is 0.273 e. The van der Waals surface area contributed by atoms with Crippen molar-refractivity contribution in [2.45, 2.75) is 20.3 Å². The third kappa shape index (κ3) is 4.58. The Morgan fingerprint density at radius 3 is 2.38 bits per heavy atom. The Morgan fingerprint density at radius 2 is 1.71 bits per heavy atom. The number of amides is 2. The Bertz CT molecular complexity index is 747. The topological polar surface area (TPSA) is 67.4 Å². The lowest BCUT2D eigenvalue weighted by Gasteiger charge is -2.13. The molecule has 0 fully saturated rings. The fourth-order valence-corrected chi connectivity index (χ4v) is 2.45. The molecule has 0 radical (unpaired) electrons. The first-order chi connectivity index (χ1) is 11.5. The third-order valence-corrected chi connectivity index (χ3v) is 3.82. The molecule has 126 valence electrons. The van der Waals surface area contributed by atoms with Crippen molar-refractivity contribution in [1.29, 1.82) is 0 Å². The van der Waals surface area contributed by atoms with Crippen molar-refractivity contribution in [3.63, 3.8) is 0 Å². The van der Waals surface area contributed by atoms with Gasteiger partial charge in [0.15, 0.2) is 0 Å². The minimum absolute atomic E-state index is 0.350. The van der Waals surface area contributed by atoms with Crippen molar-refractivity contribution in [3.05, 3.63) is 63.6 Å². The number of carbonyl (C=O) groups is 2. The van der Waals surface area contributed by atoms with Gasteiger partial charge < -0.3 is 4.74 Å². The van der Waals surface area contributed by atoms with Gasteiger partial charge in [-0.3, -0.25) is 20.4 Å². The largest absolute Gasteiger partial charge is 0.493 e. The number of carbonyl (C=O) groups excluding carboxylic acids is 2. The lowest BCUT2D eigenvalue weighted by molar-refractivity contribution is 0.0844. The van der Waals surface area contributed by atoms with Crippen LogP contribution in [0, 0.1) is 6.92 Å². The lowest BCUT2D eigenvalue weighted by Crippen LogP contribution is -2.42. The molecule has 2 aromatic carbocycles. The highest BCUT2D eigenvalue weighted by molar-refractivity contribution is 9.10. The summed E-state index contributed by atoms with van der Waals surface area (Å²) >= 11 is 3.34. The highest BCUT2D eigenvalue weighted by Crippen LogP contribution is 2.23. The van der Waals surface area contributed by atoms with Crippen molar-refractivity contribution in [1.82, 2.24) is 10.9 Å². The molecule has 0 aliphatic carbocycles. The van der Waals surface area contributed by atoms with E-state index in [1.165, 1.54) is 0 Å². The first-order valence-corrected chi connectivity index (χ1v) is 8.41. The molecule has 5 nitrogen and oxygen atoms in total. The fraction of sp³-hybridized carbons (Fsp3) is 0.222. The predicted octanol–water partition coefficient (Wildman–Crippen LogP) is 3.62. The number of rotatable bonds is 5. The highest BCUT2D eigenvalue weighted by atomic mass is 79.9. The Labute approximate surface area is 149 Å². The first kappa shape index (κ1) is 18.0. The second kappa shape index (κ2) is 8.49. The van der Waals surface area contributed by atoms with E-state index in [0.717, 1.165) is 16.5 Å². The van der Waals surface area contributed by atoms with Crippen molar-refractivity contribution in [3.8, 4) is 5.75 Å². The van der Waals surface area contributed by atoms with E-state index in [0.29, 0.717) is 23.5 Å². The van der Waals surface area contributed by atoms with E-state index in [4.69, 9.17) is 4.74 Å². The van der Waals surface area contributed by atoms with Gasteiger partial charge in [0.2, 0.25) is 0 Å². The normalized spacial score (nSPS) is 10.1. The van der Waals surface area contributed by atoms with Crippen LogP contribution in [0.25, 0.3) is 0 Å². The Balaban J connectivity index is 2.08. The molecule has 0 aliphatic heterocycles. The Morgan fingerprint density at radius 1 is 1.04 bits per heavy atom. The minimum atomic E-state index is -0.440. The van der Waals surface area contributed by atoms with E-state index in [1.807, 2.05) is 26.0 Å². The van der Waals surface area contributed by atoms with Crippen LogP contribution in [0.3, 0.4) is 0 Å². The van der Waals surface area contributed by atoms with Crippen LogP contribution in [0.15, 0.2) is 46.9 Å². The van der Waals surface area contributed by atoms with E-state index in [-0.39, 0.29) is 5.91 Å². The molecule has 2 amide bonds. The molecule has 24 heavy (non-hydrogen) atoms. The summed E-state index contributed by atoms with van der Waals surface area (Å²) in [6.07, 6.45) is 0.834. The maximum absolute atomic E-state index is 12.4. The molecule has 6 heteroatoms. The predicted molar refractivity (Wildman–Crippen MR) is 96.0 cm³/mol. The van der Waals surface area contributed by atoms with Gasteiger partial charge in [-0.2, -0.15) is 0 Å². The van der Waals surface area contributed by atoms with Crippen molar-refractivity contribution in [2.75, 3.05) is 6.61 Å². The quantitative estimate of drug-likeness (QED) is 0.766. The van der Waals surface area contributed by atoms with E-state index in [9.17, 15) is 9.59 Å². The number of halogens is 1. The molecule has 0 atom stereocenters. The van der Waals surface area contributed by atoms with Gasteiger partial charge in [0, 0.05) is 10.0 Å². The van der Waals surface area contributed by atoms with Gasteiger partial charge in [0.25, 0.3) is 11.8 Å². The summed E-state index contributed by atoms with van der Waals surface area (Å²) in [6.45, 7) is 4.33. The summed E-state index contributed by atoms with van der Waals surface area (Å²) in [5.74, 6) is -0.334. The summed E-state index contributed by atoms with van der Waals surface area (Å²) in [6, 6.07) is 12.3. The van der Waals surface area contributed by atoms with Crippen molar-refractivity contribution >= 4 is 27.7 Å². The van der Waals surface area contributed by atoms with E-state index < -0.39 is 5.91 Å². The van der Waals surface area contributed by atoms with Crippen molar-refractivity contribution in [2.24, 2.45) is 0 Å². The molecule has 0 bridgehead atoms. The second-order valence-corrected chi connectivity index (χ2v) is 6.13. The molecule has 2 aromatic rings. The maximum Gasteiger partial charge on any atom is 0.273 e. The van der Waals surface area contributed by atoms with Crippen LogP contribution in [-0.2, 0) is 0 Å². The average molecular weight is 391 g/mol. The number of hydrogen-bond donors (Lipinski definition) is 2. The van der Waals surface area contributed by atoms with Crippen LogP contribution in [0.1, 0.15) is 39.6 Å². The number of hydrogen-bond acceptors (Lipinski definition) is 3. The number of benzene rings is 2. The van der Waals surface area contributed by atoms with Crippen LogP contribution in [0.5, 0.6) is 5.75 Å².